The van der Waals surface area contributed by atoms with E-state index in [0.717, 1.165) is 30.2 Å². The molecule has 4 rings (SSSR count). The number of benzene rings is 1. The lowest BCUT2D eigenvalue weighted by Gasteiger charge is -2.47. The van der Waals surface area contributed by atoms with Crippen LogP contribution in [0.5, 0.6) is 0 Å². The van der Waals surface area contributed by atoms with Gasteiger partial charge in [0.1, 0.15) is 5.52 Å². The Bertz CT molecular complexity index is 513. The van der Waals surface area contributed by atoms with Crippen LogP contribution in [0.2, 0.25) is 0 Å². The van der Waals surface area contributed by atoms with E-state index in [1.54, 1.807) is 0 Å². The van der Waals surface area contributed by atoms with Crippen LogP contribution in [0.4, 0.5) is 6.01 Å². The summed E-state index contributed by atoms with van der Waals surface area (Å²) in [5.74, 6) is 0. The van der Waals surface area contributed by atoms with E-state index in [-0.39, 0.29) is 0 Å². The van der Waals surface area contributed by atoms with Gasteiger partial charge in [0.25, 0.3) is 6.01 Å². The van der Waals surface area contributed by atoms with E-state index in [0.29, 0.717) is 5.41 Å². The molecule has 1 saturated carbocycles. The SMILES string of the molecule is c1ccc2oc(N3CC4(CCCC4)C3)nc2c1. The highest BCUT2D eigenvalue weighted by molar-refractivity contribution is 5.74. The minimum Gasteiger partial charge on any atom is -0.423 e. The molecule has 0 amide bonds. The summed E-state index contributed by atoms with van der Waals surface area (Å²) < 4.78 is 5.79. The van der Waals surface area contributed by atoms with Gasteiger partial charge in [-0.1, -0.05) is 25.0 Å². The zero-order chi connectivity index (χ0) is 11.3. The number of rotatable bonds is 1. The van der Waals surface area contributed by atoms with Crippen molar-refractivity contribution in [1.82, 2.24) is 4.98 Å². The maximum Gasteiger partial charge on any atom is 0.298 e. The van der Waals surface area contributed by atoms with Crippen molar-refractivity contribution in [2.75, 3.05) is 18.0 Å². The van der Waals surface area contributed by atoms with Gasteiger partial charge < -0.3 is 9.32 Å². The maximum absolute atomic E-state index is 5.79. The van der Waals surface area contributed by atoms with Crippen LogP contribution in [0.1, 0.15) is 25.7 Å². The second-order valence-corrected chi connectivity index (χ2v) is 5.53. The molecular formula is C14H16N2O. The van der Waals surface area contributed by atoms with Crippen molar-refractivity contribution < 1.29 is 4.42 Å². The smallest absolute Gasteiger partial charge is 0.298 e. The summed E-state index contributed by atoms with van der Waals surface area (Å²) in [6.07, 6.45) is 5.59. The Morgan fingerprint density at radius 1 is 1.12 bits per heavy atom. The number of fused-ring (bicyclic) bond motifs is 1. The number of aromatic nitrogens is 1. The highest BCUT2D eigenvalue weighted by atomic mass is 16.4. The summed E-state index contributed by atoms with van der Waals surface area (Å²) in [6.45, 7) is 2.28. The molecular weight excluding hydrogens is 212 g/mol. The number of hydrogen-bond donors (Lipinski definition) is 0. The van der Waals surface area contributed by atoms with E-state index >= 15 is 0 Å². The van der Waals surface area contributed by atoms with Gasteiger partial charge in [-0.05, 0) is 25.0 Å². The highest BCUT2D eigenvalue weighted by Crippen LogP contribution is 2.46. The topological polar surface area (TPSA) is 29.3 Å². The number of anilines is 1. The molecule has 1 aliphatic heterocycles. The molecule has 1 aromatic heterocycles. The molecule has 0 N–H and O–H groups in total. The molecule has 0 radical (unpaired) electrons. The summed E-state index contributed by atoms with van der Waals surface area (Å²) in [5, 5.41) is 0. The van der Waals surface area contributed by atoms with Crippen LogP contribution in [-0.2, 0) is 0 Å². The Morgan fingerprint density at radius 3 is 2.65 bits per heavy atom. The fraction of sp³-hybridized carbons (Fsp3) is 0.500. The standard InChI is InChI=1S/C14H16N2O/c1-2-6-12-11(5-1)15-13(17-12)16-9-14(10-16)7-3-4-8-14/h1-2,5-6H,3-4,7-10H2. The van der Waals surface area contributed by atoms with Crippen molar-refractivity contribution >= 4 is 17.1 Å². The molecule has 2 aliphatic rings. The fourth-order valence-corrected chi connectivity index (χ4v) is 3.34. The summed E-state index contributed by atoms with van der Waals surface area (Å²) in [6, 6.07) is 8.79. The molecule has 3 nitrogen and oxygen atoms in total. The summed E-state index contributed by atoms with van der Waals surface area (Å²) in [5.41, 5.74) is 2.46. The average Bonchev–Trinajstić information content (AvgIpc) is 2.93. The van der Waals surface area contributed by atoms with Crippen molar-refractivity contribution in [3.63, 3.8) is 0 Å². The maximum atomic E-state index is 5.79. The Morgan fingerprint density at radius 2 is 1.88 bits per heavy atom. The number of hydrogen-bond acceptors (Lipinski definition) is 3. The molecule has 1 saturated heterocycles. The largest absolute Gasteiger partial charge is 0.423 e. The van der Waals surface area contributed by atoms with Crippen molar-refractivity contribution in [2.45, 2.75) is 25.7 Å². The summed E-state index contributed by atoms with van der Waals surface area (Å²) >= 11 is 0. The molecule has 2 heterocycles. The van der Waals surface area contributed by atoms with Gasteiger partial charge in [0, 0.05) is 18.5 Å². The van der Waals surface area contributed by atoms with Gasteiger partial charge in [0.15, 0.2) is 5.58 Å². The number of nitrogens with zero attached hydrogens (tertiary/aromatic N) is 2. The summed E-state index contributed by atoms with van der Waals surface area (Å²) in [7, 11) is 0. The minimum atomic E-state index is 0.598. The molecule has 1 spiro atoms. The fourth-order valence-electron chi connectivity index (χ4n) is 3.34. The van der Waals surface area contributed by atoms with Gasteiger partial charge in [-0.15, -0.1) is 0 Å². The zero-order valence-electron chi connectivity index (χ0n) is 9.85. The normalized spacial score (nSPS) is 22.2. The third-order valence-electron chi connectivity index (χ3n) is 4.27. The lowest BCUT2D eigenvalue weighted by atomic mass is 9.79. The average molecular weight is 228 g/mol. The van der Waals surface area contributed by atoms with E-state index < -0.39 is 0 Å². The van der Waals surface area contributed by atoms with Crippen molar-refractivity contribution in [1.29, 1.82) is 0 Å². The van der Waals surface area contributed by atoms with Gasteiger partial charge in [-0.25, -0.2) is 0 Å². The van der Waals surface area contributed by atoms with Crippen LogP contribution in [-0.4, -0.2) is 18.1 Å². The Balaban J connectivity index is 1.60. The van der Waals surface area contributed by atoms with E-state index in [2.05, 4.69) is 9.88 Å². The predicted octanol–water partition coefficient (Wildman–Crippen LogP) is 3.21. The highest BCUT2D eigenvalue weighted by Gasteiger charge is 2.46. The quantitative estimate of drug-likeness (QED) is 0.750. The first-order chi connectivity index (χ1) is 8.35. The second kappa shape index (κ2) is 3.25. The van der Waals surface area contributed by atoms with Crippen LogP contribution in [0.3, 0.4) is 0 Å². The Hall–Kier alpha value is -1.51. The number of oxazole rings is 1. The van der Waals surface area contributed by atoms with Gasteiger partial charge >= 0.3 is 0 Å². The van der Waals surface area contributed by atoms with Crippen molar-refractivity contribution in [3.8, 4) is 0 Å². The Kier molecular flexibility index (Phi) is 1.82. The second-order valence-electron chi connectivity index (χ2n) is 5.53. The van der Waals surface area contributed by atoms with Crippen LogP contribution < -0.4 is 4.90 Å². The molecule has 1 aliphatic carbocycles. The van der Waals surface area contributed by atoms with Gasteiger partial charge in [-0.3, -0.25) is 0 Å². The first kappa shape index (κ1) is 9.51. The van der Waals surface area contributed by atoms with Gasteiger partial charge in [0.05, 0.1) is 0 Å². The molecule has 3 heteroatoms. The molecule has 0 unspecified atom stereocenters. The van der Waals surface area contributed by atoms with Crippen LogP contribution >= 0.6 is 0 Å². The van der Waals surface area contributed by atoms with Crippen LogP contribution in [0, 0.1) is 5.41 Å². The lowest BCUT2D eigenvalue weighted by Crippen LogP contribution is -2.55. The van der Waals surface area contributed by atoms with Crippen LogP contribution in [0.25, 0.3) is 11.1 Å². The first-order valence-electron chi connectivity index (χ1n) is 6.45. The van der Waals surface area contributed by atoms with Gasteiger partial charge in [0.2, 0.25) is 0 Å². The monoisotopic (exact) mass is 228 g/mol. The molecule has 0 bridgehead atoms. The van der Waals surface area contributed by atoms with E-state index in [4.69, 9.17) is 4.42 Å². The third kappa shape index (κ3) is 1.38. The van der Waals surface area contributed by atoms with Crippen LogP contribution in [0.15, 0.2) is 28.7 Å². The van der Waals surface area contributed by atoms with E-state index in [1.807, 2.05) is 24.3 Å². The minimum absolute atomic E-state index is 0.598. The molecule has 88 valence electrons. The molecule has 0 atom stereocenters. The number of para-hydroxylation sites is 2. The van der Waals surface area contributed by atoms with Crippen molar-refractivity contribution in [2.24, 2.45) is 5.41 Å². The van der Waals surface area contributed by atoms with E-state index in [1.165, 1.54) is 25.7 Å². The third-order valence-corrected chi connectivity index (χ3v) is 4.27. The molecule has 2 aromatic rings. The predicted molar refractivity (Wildman–Crippen MR) is 67.1 cm³/mol. The van der Waals surface area contributed by atoms with Crippen molar-refractivity contribution in [3.05, 3.63) is 24.3 Å². The van der Waals surface area contributed by atoms with Gasteiger partial charge in [-0.2, -0.15) is 4.98 Å². The summed E-state index contributed by atoms with van der Waals surface area (Å²) in [4.78, 5) is 6.83. The first-order valence-corrected chi connectivity index (χ1v) is 6.45. The molecule has 17 heavy (non-hydrogen) atoms. The lowest BCUT2D eigenvalue weighted by molar-refractivity contribution is 0.211. The zero-order valence-corrected chi connectivity index (χ0v) is 9.85. The Labute approximate surface area is 100 Å². The van der Waals surface area contributed by atoms with E-state index in [9.17, 15) is 0 Å². The molecule has 2 fully saturated rings. The molecule has 1 aromatic carbocycles.